The Hall–Kier alpha value is -1.76. The molecule has 1 heteroatoms. The lowest BCUT2D eigenvalue weighted by atomic mass is 9.84. The van der Waals surface area contributed by atoms with E-state index in [1.165, 1.54) is 43.2 Å². The van der Waals surface area contributed by atoms with Crippen LogP contribution in [-0.4, -0.2) is 0 Å². The molecule has 0 heterocycles. The van der Waals surface area contributed by atoms with Crippen LogP contribution in [0.1, 0.15) is 69.9 Å². The molecule has 0 N–H and O–H groups in total. The van der Waals surface area contributed by atoms with E-state index in [0.717, 1.165) is 23.8 Å². The second kappa shape index (κ2) is 7.42. The topological polar surface area (TPSA) is 9.23 Å². The van der Waals surface area contributed by atoms with Gasteiger partial charge in [-0.15, -0.1) is 0 Å². The molecule has 1 nitrogen and oxygen atoms in total. The van der Waals surface area contributed by atoms with E-state index in [4.69, 9.17) is 4.74 Å². The van der Waals surface area contributed by atoms with E-state index in [0.29, 0.717) is 5.41 Å². The van der Waals surface area contributed by atoms with Gasteiger partial charge in [0.25, 0.3) is 0 Å². The van der Waals surface area contributed by atoms with Crippen LogP contribution in [0.3, 0.4) is 0 Å². The average Bonchev–Trinajstić information content (AvgIpc) is 2.55. The minimum atomic E-state index is 0.291. The van der Waals surface area contributed by atoms with Gasteiger partial charge in [-0.1, -0.05) is 64.3 Å². The van der Waals surface area contributed by atoms with Crippen molar-refractivity contribution in [1.29, 1.82) is 0 Å². The van der Waals surface area contributed by atoms with Gasteiger partial charge in [0.05, 0.1) is 0 Å². The molecule has 0 bridgehead atoms. The van der Waals surface area contributed by atoms with E-state index in [1.807, 2.05) is 0 Å². The van der Waals surface area contributed by atoms with E-state index >= 15 is 0 Å². The maximum atomic E-state index is 6.16. The summed E-state index contributed by atoms with van der Waals surface area (Å²) in [6.45, 7) is 6.82. The number of ether oxygens (including phenoxy) is 1. The standard InChI is InChI=1S/C23H30O/c1-23(2,3)17-18-9-7-13-21(15-18)24-22-14-8-12-20(16-22)19-10-5-4-6-11-19/h7-9,12-16,19H,4-6,10-11,17H2,1-3H3. The van der Waals surface area contributed by atoms with Crippen LogP contribution in [0.4, 0.5) is 0 Å². The molecule has 0 atom stereocenters. The Kier molecular flexibility index (Phi) is 5.28. The van der Waals surface area contributed by atoms with Gasteiger partial charge in [0, 0.05) is 0 Å². The summed E-state index contributed by atoms with van der Waals surface area (Å²) in [6.07, 6.45) is 7.84. The van der Waals surface area contributed by atoms with Crippen molar-refractivity contribution in [2.24, 2.45) is 5.41 Å². The minimum Gasteiger partial charge on any atom is -0.457 e. The Bertz CT molecular complexity index is 660. The Morgan fingerprint density at radius 3 is 2.25 bits per heavy atom. The first-order chi connectivity index (χ1) is 11.5. The van der Waals surface area contributed by atoms with Crippen LogP contribution in [0.2, 0.25) is 0 Å². The third-order valence-corrected chi connectivity index (χ3v) is 4.80. The maximum Gasteiger partial charge on any atom is 0.127 e. The molecule has 0 spiro atoms. The van der Waals surface area contributed by atoms with E-state index in [-0.39, 0.29) is 0 Å². The maximum absolute atomic E-state index is 6.16. The second-order valence-electron chi connectivity index (χ2n) is 8.39. The van der Waals surface area contributed by atoms with Gasteiger partial charge in [0.2, 0.25) is 0 Å². The number of hydrogen-bond acceptors (Lipinski definition) is 1. The summed E-state index contributed by atoms with van der Waals surface area (Å²) >= 11 is 0. The molecule has 24 heavy (non-hydrogen) atoms. The molecule has 0 saturated heterocycles. The summed E-state index contributed by atoms with van der Waals surface area (Å²) < 4.78 is 6.16. The summed E-state index contributed by atoms with van der Waals surface area (Å²) in [4.78, 5) is 0. The molecular weight excluding hydrogens is 292 g/mol. The molecule has 128 valence electrons. The van der Waals surface area contributed by atoms with Crippen LogP contribution in [0.25, 0.3) is 0 Å². The van der Waals surface area contributed by atoms with Gasteiger partial charge in [-0.2, -0.15) is 0 Å². The predicted octanol–water partition coefficient (Wildman–Crippen LogP) is 7.12. The van der Waals surface area contributed by atoms with Crippen molar-refractivity contribution in [2.75, 3.05) is 0 Å². The van der Waals surface area contributed by atoms with Crippen LogP contribution in [0, 0.1) is 5.41 Å². The Balaban J connectivity index is 1.73. The van der Waals surface area contributed by atoms with E-state index in [2.05, 4.69) is 69.3 Å². The van der Waals surface area contributed by atoms with Gasteiger partial charge < -0.3 is 4.74 Å². The van der Waals surface area contributed by atoms with Crippen molar-refractivity contribution in [3.05, 3.63) is 59.7 Å². The smallest absolute Gasteiger partial charge is 0.127 e. The summed E-state index contributed by atoms with van der Waals surface area (Å²) in [6, 6.07) is 17.2. The molecule has 0 unspecified atom stereocenters. The second-order valence-corrected chi connectivity index (χ2v) is 8.39. The molecule has 2 aromatic carbocycles. The first-order valence-electron chi connectivity index (χ1n) is 9.36. The monoisotopic (exact) mass is 322 g/mol. The third-order valence-electron chi connectivity index (χ3n) is 4.80. The fraction of sp³-hybridized carbons (Fsp3) is 0.478. The molecule has 3 rings (SSSR count). The van der Waals surface area contributed by atoms with Crippen molar-refractivity contribution in [2.45, 2.75) is 65.2 Å². The van der Waals surface area contributed by atoms with Crippen molar-refractivity contribution in [3.8, 4) is 11.5 Å². The Morgan fingerprint density at radius 2 is 1.54 bits per heavy atom. The van der Waals surface area contributed by atoms with E-state index < -0.39 is 0 Å². The Labute approximate surface area is 147 Å². The Morgan fingerprint density at radius 1 is 0.875 bits per heavy atom. The van der Waals surface area contributed by atoms with Crippen molar-refractivity contribution in [3.63, 3.8) is 0 Å². The fourth-order valence-electron chi connectivity index (χ4n) is 3.74. The van der Waals surface area contributed by atoms with Gasteiger partial charge in [-0.3, -0.25) is 0 Å². The van der Waals surface area contributed by atoms with Gasteiger partial charge in [0.15, 0.2) is 0 Å². The van der Waals surface area contributed by atoms with Gasteiger partial charge in [0.1, 0.15) is 11.5 Å². The van der Waals surface area contributed by atoms with Gasteiger partial charge >= 0.3 is 0 Å². The van der Waals surface area contributed by atoms with Gasteiger partial charge in [-0.25, -0.2) is 0 Å². The zero-order chi connectivity index (χ0) is 17.0. The van der Waals surface area contributed by atoms with Gasteiger partial charge in [-0.05, 0) is 66.0 Å². The lowest BCUT2D eigenvalue weighted by Gasteiger charge is -2.22. The first kappa shape index (κ1) is 17.1. The summed E-state index contributed by atoms with van der Waals surface area (Å²) in [5.41, 5.74) is 3.07. The van der Waals surface area contributed by atoms with Crippen molar-refractivity contribution >= 4 is 0 Å². The van der Waals surface area contributed by atoms with E-state index in [1.54, 1.807) is 0 Å². The summed E-state index contributed by atoms with van der Waals surface area (Å²) in [7, 11) is 0. The average molecular weight is 322 g/mol. The lowest BCUT2D eigenvalue weighted by molar-refractivity contribution is 0.409. The lowest BCUT2D eigenvalue weighted by Crippen LogP contribution is -2.08. The molecule has 0 radical (unpaired) electrons. The molecule has 2 aromatic rings. The highest BCUT2D eigenvalue weighted by Crippen LogP contribution is 2.35. The van der Waals surface area contributed by atoms with Crippen molar-refractivity contribution in [1.82, 2.24) is 0 Å². The predicted molar refractivity (Wildman–Crippen MR) is 102 cm³/mol. The highest BCUT2D eigenvalue weighted by atomic mass is 16.5. The zero-order valence-electron chi connectivity index (χ0n) is 15.3. The van der Waals surface area contributed by atoms with E-state index in [9.17, 15) is 0 Å². The molecular formula is C23H30O. The van der Waals surface area contributed by atoms with Crippen LogP contribution in [0.5, 0.6) is 11.5 Å². The van der Waals surface area contributed by atoms with Crippen LogP contribution in [-0.2, 0) is 6.42 Å². The third kappa shape index (κ3) is 4.87. The minimum absolute atomic E-state index is 0.291. The number of benzene rings is 2. The molecule has 0 amide bonds. The SMILES string of the molecule is CC(C)(C)Cc1cccc(Oc2cccc(C3CCCCC3)c2)c1. The molecule has 0 aliphatic heterocycles. The quantitative estimate of drug-likeness (QED) is 0.582. The first-order valence-corrected chi connectivity index (χ1v) is 9.36. The molecule has 1 aliphatic carbocycles. The normalized spacial score (nSPS) is 16.1. The van der Waals surface area contributed by atoms with Crippen molar-refractivity contribution < 1.29 is 4.74 Å². The highest BCUT2D eigenvalue weighted by molar-refractivity contribution is 5.37. The van der Waals surface area contributed by atoms with Crippen LogP contribution >= 0.6 is 0 Å². The number of hydrogen-bond donors (Lipinski definition) is 0. The van der Waals surface area contributed by atoms with Crippen LogP contribution in [0.15, 0.2) is 48.5 Å². The molecule has 1 saturated carbocycles. The summed E-state index contributed by atoms with van der Waals surface area (Å²) in [5, 5.41) is 0. The number of rotatable bonds is 4. The zero-order valence-corrected chi connectivity index (χ0v) is 15.3. The largest absolute Gasteiger partial charge is 0.457 e. The summed E-state index contributed by atoms with van der Waals surface area (Å²) in [5.74, 6) is 2.62. The molecule has 1 aliphatic rings. The fourth-order valence-corrected chi connectivity index (χ4v) is 3.74. The molecule has 0 aromatic heterocycles. The molecule has 1 fully saturated rings. The van der Waals surface area contributed by atoms with Crippen LogP contribution < -0.4 is 4.74 Å². The highest BCUT2D eigenvalue weighted by Gasteiger charge is 2.16.